The number of halogens is 1. The molecule has 1 aromatic rings. The molecular formula is C18H33IN4O. The Balaban J connectivity index is 0.00000529. The molecule has 3 N–H and O–H groups in total. The number of ether oxygens (including phenoxy) is 1. The predicted molar refractivity (Wildman–Crippen MR) is 114 cm³/mol. The van der Waals surface area contributed by atoms with Gasteiger partial charge in [0.05, 0.1) is 6.61 Å². The largest absolute Gasteiger partial charge is 0.494 e. The molecule has 1 aromatic carbocycles. The van der Waals surface area contributed by atoms with E-state index in [1.165, 1.54) is 0 Å². The lowest BCUT2D eigenvalue weighted by molar-refractivity contribution is 0.313. The smallest absolute Gasteiger partial charge is 0.191 e. The molecular weight excluding hydrogens is 415 g/mol. The van der Waals surface area contributed by atoms with Crippen molar-refractivity contribution < 1.29 is 4.74 Å². The Labute approximate surface area is 164 Å². The molecule has 0 spiro atoms. The van der Waals surface area contributed by atoms with Crippen LogP contribution in [0.25, 0.3) is 0 Å². The quantitative estimate of drug-likeness (QED) is 0.235. The number of guanidine groups is 1. The molecule has 24 heavy (non-hydrogen) atoms. The Morgan fingerprint density at radius 1 is 1.08 bits per heavy atom. The maximum Gasteiger partial charge on any atom is 0.191 e. The van der Waals surface area contributed by atoms with Crippen LogP contribution in [0.4, 0.5) is 0 Å². The van der Waals surface area contributed by atoms with E-state index in [-0.39, 0.29) is 29.5 Å². The van der Waals surface area contributed by atoms with E-state index in [2.05, 4.69) is 48.6 Å². The van der Waals surface area contributed by atoms with Crippen LogP contribution >= 0.6 is 24.0 Å². The van der Waals surface area contributed by atoms with E-state index < -0.39 is 0 Å². The third-order valence-electron chi connectivity index (χ3n) is 3.00. The van der Waals surface area contributed by atoms with Gasteiger partial charge in [0.25, 0.3) is 0 Å². The van der Waals surface area contributed by atoms with Crippen molar-refractivity contribution in [3.63, 3.8) is 0 Å². The van der Waals surface area contributed by atoms with E-state index in [4.69, 9.17) is 4.74 Å². The van der Waals surface area contributed by atoms with E-state index in [0.29, 0.717) is 6.61 Å². The van der Waals surface area contributed by atoms with Gasteiger partial charge in [-0.2, -0.15) is 0 Å². The van der Waals surface area contributed by atoms with Gasteiger partial charge in [0.15, 0.2) is 5.96 Å². The molecule has 0 radical (unpaired) electrons. The SMILES string of the molecule is CCNC(=NCCCOc1ccccc1)NCCNC(C)(C)C.I. The van der Waals surface area contributed by atoms with Crippen molar-refractivity contribution in [2.24, 2.45) is 4.99 Å². The highest BCUT2D eigenvalue weighted by molar-refractivity contribution is 14.0. The molecule has 0 saturated heterocycles. The minimum atomic E-state index is 0. The van der Waals surface area contributed by atoms with Crippen LogP contribution in [0.15, 0.2) is 35.3 Å². The van der Waals surface area contributed by atoms with E-state index in [1.54, 1.807) is 0 Å². The Bertz CT molecular complexity index is 446. The van der Waals surface area contributed by atoms with Gasteiger partial charge in [0.1, 0.15) is 5.75 Å². The summed E-state index contributed by atoms with van der Waals surface area (Å²) in [5.74, 6) is 1.78. The molecule has 1 rings (SSSR count). The fourth-order valence-corrected chi connectivity index (χ4v) is 1.92. The second kappa shape index (κ2) is 13.3. The summed E-state index contributed by atoms with van der Waals surface area (Å²) in [5, 5.41) is 10.0. The molecule has 0 unspecified atom stereocenters. The third-order valence-corrected chi connectivity index (χ3v) is 3.00. The molecule has 0 amide bonds. The number of aliphatic imine (C=N–C) groups is 1. The first-order valence-electron chi connectivity index (χ1n) is 8.46. The van der Waals surface area contributed by atoms with Crippen molar-refractivity contribution >= 4 is 29.9 Å². The van der Waals surface area contributed by atoms with Crippen molar-refractivity contribution in [1.82, 2.24) is 16.0 Å². The molecule has 5 nitrogen and oxygen atoms in total. The van der Waals surface area contributed by atoms with E-state index in [9.17, 15) is 0 Å². The Morgan fingerprint density at radius 2 is 1.79 bits per heavy atom. The molecule has 0 atom stereocenters. The maximum atomic E-state index is 5.66. The van der Waals surface area contributed by atoms with Gasteiger partial charge >= 0.3 is 0 Å². The molecule has 0 aromatic heterocycles. The van der Waals surface area contributed by atoms with Crippen molar-refractivity contribution in [3.8, 4) is 5.75 Å². The number of benzene rings is 1. The first-order chi connectivity index (χ1) is 11.0. The van der Waals surface area contributed by atoms with E-state index in [1.807, 2.05) is 30.3 Å². The molecule has 0 aliphatic carbocycles. The second-order valence-electron chi connectivity index (χ2n) is 6.38. The van der Waals surface area contributed by atoms with Gasteiger partial charge in [-0.05, 0) is 39.8 Å². The zero-order valence-electron chi connectivity index (χ0n) is 15.4. The summed E-state index contributed by atoms with van der Waals surface area (Å²) in [7, 11) is 0. The number of para-hydroxylation sites is 1. The lowest BCUT2D eigenvalue weighted by Gasteiger charge is -2.21. The van der Waals surface area contributed by atoms with Crippen LogP contribution in [0.1, 0.15) is 34.1 Å². The summed E-state index contributed by atoms with van der Waals surface area (Å²) in [6.07, 6.45) is 0.895. The number of rotatable bonds is 9. The van der Waals surface area contributed by atoms with E-state index in [0.717, 1.165) is 44.3 Å². The molecule has 0 bridgehead atoms. The minimum absolute atomic E-state index is 0. The standard InChI is InChI=1S/C18H32N4O.HI/c1-5-19-17(21-13-14-22-18(2,3)4)20-12-9-15-23-16-10-7-6-8-11-16;/h6-8,10-11,22H,5,9,12-15H2,1-4H3,(H2,19,20,21);1H. The van der Waals surface area contributed by atoms with Crippen LogP contribution in [0.5, 0.6) is 5.75 Å². The zero-order chi connectivity index (χ0) is 17.0. The van der Waals surface area contributed by atoms with Crippen molar-refractivity contribution in [2.45, 2.75) is 39.7 Å². The summed E-state index contributed by atoms with van der Waals surface area (Å²) in [4.78, 5) is 4.57. The molecule has 0 aliphatic rings. The van der Waals surface area contributed by atoms with Crippen LogP contribution in [-0.2, 0) is 0 Å². The third kappa shape index (κ3) is 12.4. The van der Waals surface area contributed by atoms with Crippen molar-refractivity contribution in [2.75, 3.05) is 32.8 Å². The van der Waals surface area contributed by atoms with Crippen LogP contribution in [0.3, 0.4) is 0 Å². The normalized spacial score (nSPS) is 11.6. The van der Waals surface area contributed by atoms with Crippen LogP contribution in [0, 0.1) is 0 Å². The van der Waals surface area contributed by atoms with Gasteiger partial charge in [-0.3, -0.25) is 4.99 Å². The first-order valence-corrected chi connectivity index (χ1v) is 8.46. The summed E-state index contributed by atoms with van der Waals surface area (Å²) in [6, 6.07) is 9.88. The zero-order valence-corrected chi connectivity index (χ0v) is 17.7. The summed E-state index contributed by atoms with van der Waals surface area (Å²) in [5.41, 5.74) is 0.145. The maximum absolute atomic E-state index is 5.66. The van der Waals surface area contributed by atoms with Crippen LogP contribution in [-0.4, -0.2) is 44.3 Å². The fraction of sp³-hybridized carbons (Fsp3) is 0.611. The Morgan fingerprint density at radius 3 is 2.42 bits per heavy atom. The van der Waals surface area contributed by atoms with E-state index >= 15 is 0 Å². The molecule has 0 heterocycles. The lowest BCUT2D eigenvalue weighted by atomic mass is 10.1. The van der Waals surface area contributed by atoms with Gasteiger partial charge < -0.3 is 20.7 Å². The summed E-state index contributed by atoms with van der Waals surface area (Å²) >= 11 is 0. The Hall–Kier alpha value is -1.02. The number of hydrogen-bond acceptors (Lipinski definition) is 3. The first kappa shape index (κ1) is 23.0. The average molecular weight is 448 g/mol. The topological polar surface area (TPSA) is 57.7 Å². The average Bonchev–Trinajstić information content (AvgIpc) is 2.51. The fourth-order valence-electron chi connectivity index (χ4n) is 1.92. The van der Waals surface area contributed by atoms with Gasteiger partial charge in [0.2, 0.25) is 0 Å². The lowest BCUT2D eigenvalue weighted by Crippen LogP contribution is -2.44. The van der Waals surface area contributed by atoms with Gasteiger partial charge in [0, 0.05) is 38.1 Å². The molecule has 6 heteroatoms. The van der Waals surface area contributed by atoms with Crippen LogP contribution in [0.2, 0.25) is 0 Å². The van der Waals surface area contributed by atoms with Gasteiger partial charge in [-0.25, -0.2) is 0 Å². The summed E-state index contributed by atoms with van der Waals surface area (Å²) in [6.45, 7) is 12.6. The summed E-state index contributed by atoms with van der Waals surface area (Å²) < 4.78 is 5.66. The number of nitrogens with one attached hydrogen (secondary N) is 3. The molecule has 0 fully saturated rings. The minimum Gasteiger partial charge on any atom is -0.494 e. The predicted octanol–water partition coefficient (Wildman–Crippen LogP) is 3.02. The molecule has 0 aliphatic heterocycles. The highest BCUT2D eigenvalue weighted by Gasteiger charge is 2.07. The van der Waals surface area contributed by atoms with Gasteiger partial charge in [-0.1, -0.05) is 18.2 Å². The Kier molecular flexibility index (Phi) is 12.7. The van der Waals surface area contributed by atoms with Gasteiger partial charge in [-0.15, -0.1) is 24.0 Å². The second-order valence-corrected chi connectivity index (χ2v) is 6.38. The molecule has 138 valence electrons. The monoisotopic (exact) mass is 448 g/mol. The number of nitrogens with zero attached hydrogens (tertiary/aromatic N) is 1. The van der Waals surface area contributed by atoms with Crippen LogP contribution < -0.4 is 20.7 Å². The highest BCUT2D eigenvalue weighted by Crippen LogP contribution is 2.08. The van der Waals surface area contributed by atoms with Crippen molar-refractivity contribution in [1.29, 1.82) is 0 Å². The van der Waals surface area contributed by atoms with Crippen molar-refractivity contribution in [3.05, 3.63) is 30.3 Å². The number of hydrogen-bond donors (Lipinski definition) is 3. The molecule has 0 saturated carbocycles. The highest BCUT2D eigenvalue weighted by atomic mass is 127.